The van der Waals surface area contributed by atoms with Crippen LogP contribution in [-0.2, 0) is 44.9 Å². The Morgan fingerprint density at radius 2 is 1.84 bits per heavy atom. The monoisotopic (exact) mass is 620 g/mol. The lowest BCUT2D eigenvalue weighted by Gasteiger charge is -2.43. The minimum atomic E-state index is -1.68. The number of oxime groups is 1. The number of aromatic nitrogens is 1. The zero-order valence-electron chi connectivity index (χ0n) is 24.3. The third-order valence-corrected chi connectivity index (χ3v) is 6.39. The highest BCUT2D eigenvalue weighted by molar-refractivity contribution is 7.13. The van der Waals surface area contributed by atoms with E-state index in [-0.39, 0.29) is 28.8 Å². The van der Waals surface area contributed by atoms with Gasteiger partial charge in [0.1, 0.15) is 23.9 Å². The van der Waals surface area contributed by atoms with Gasteiger partial charge in [0, 0.05) is 17.5 Å². The molecular weight excluding hydrogens is 588 g/mol. The maximum absolute atomic E-state index is 13.2. The van der Waals surface area contributed by atoms with Gasteiger partial charge in [-0.1, -0.05) is 5.16 Å². The van der Waals surface area contributed by atoms with Crippen molar-refractivity contribution >= 4 is 51.6 Å². The second-order valence-corrected chi connectivity index (χ2v) is 11.7. The summed E-state index contributed by atoms with van der Waals surface area (Å²) in [5.41, 5.74) is 3.37. The van der Waals surface area contributed by atoms with Crippen LogP contribution in [0.1, 0.15) is 52.8 Å². The first-order valence-corrected chi connectivity index (χ1v) is 13.7. The van der Waals surface area contributed by atoms with E-state index in [0.29, 0.717) is 5.56 Å². The highest BCUT2D eigenvalue weighted by Gasteiger charge is 2.48. The normalized spacial score (nSPS) is 17.1. The molecule has 2 amide bonds. The zero-order valence-corrected chi connectivity index (χ0v) is 25.1. The van der Waals surface area contributed by atoms with Gasteiger partial charge in [0.05, 0.1) is 11.0 Å². The summed E-state index contributed by atoms with van der Waals surface area (Å²) in [5.74, 6) is -2.97. The molecule has 1 aromatic heterocycles. The van der Waals surface area contributed by atoms with Crippen LogP contribution in [-0.4, -0.2) is 74.3 Å². The van der Waals surface area contributed by atoms with Crippen LogP contribution in [0.5, 0.6) is 0 Å². The second-order valence-electron chi connectivity index (χ2n) is 10.8. The predicted octanol–water partition coefficient (Wildman–Crippen LogP) is 1.87. The molecule has 43 heavy (non-hydrogen) atoms. The van der Waals surface area contributed by atoms with E-state index in [2.05, 4.69) is 15.5 Å². The van der Waals surface area contributed by atoms with Crippen LogP contribution in [0.2, 0.25) is 0 Å². The van der Waals surface area contributed by atoms with Gasteiger partial charge in [-0.3, -0.25) is 24.5 Å². The van der Waals surface area contributed by atoms with E-state index in [0.717, 1.165) is 16.4 Å². The topological polar surface area (TPSA) is 215 Å². The Labute approximate surface area is 250 Å². The number of ether oxygens (including phenoxy) is 2. The summed E-state index contributed by atoms with van der Waals surface area (Å²) in [7, 11) is 0. The Morgan fingerprint density at radius 3 is 2.37 bits per heavy atom. The standard InChI is InChI=1S/C26H32N6O10S/c1-14-19(22(35)31(14)40-12-18(33)41-25(2,3)4)29-21(34)20(17-13-43-24(27)28-17)30-42-26(5,6)23(36)39-11-15-7-9-16(10-8-15)32(37)38/h7-10,13-14,19H,11-12H2,1-6H3,(H2,27,28)(H,29,34)/t14-,19-/m0/s1. The summed E-state index contributed by atoms with van der Waals surface area (Å²) < 4.78 is 10.4. The highest BCUT2D eigenvalue weighted by atomic mass is 32.1. The number of nitrogen functional groups attached to an aromatic ring is 1. The summed E-state index contributed by atoms with van der Waals surface area (Å²) >= 11 is 1.03. The zero-order chi connectivity index (χ0) is 32.1. The minimum Gasteiger partial charge on any atom is -0.458 e. The van der Waals surface area contributed by atoms with Gasteiger partial charge in [-0.15, -0.1) is 11.3 Å². The summed E-state index contributed by atoms with van der Waals surface area (Å²) in [5, 5.41) is 19.7. The number of hydrogen-bond donors (Lipinski definition) is 2. The van der Waals surface area contributed by atoms with E-state index in [4.69, 9.17) is 24.9 Å². The Balaban J connectivity index is 1.64. The van der Waals surface area contributed by atoms with Crippen molar-refractivity contribution in [2.75, 3.05) is 12.3 Å². The Kier molecular flexibility index (Phi) is 10.0. The summed E-state index contributed by atoms with van der Waals surface area (Å²) in [6.07, 6.45) is 0. The lowest BCUT2D eigenvalue weighted by molar-refractivity contribution is -0.384. The number of rotatable bonds is 12. The maximum atomic E-state index is 13.2. The third kappa shape index (κ3) is 8.68. The van der Waals surface area contributed by atoms with Crippen molar-refractivity contribution in [3.63, 3.8) is 0 Å². The molecule has 16 nitrogen and oxygen atoms in total. The Hall–Kier alpha value is -4.64. The molecule has 232 valence electrons. The number of anilines is 1. The molecule has 0 spiro atoms. The van der Waals surface area contributed by atoms with E-state index >= 15 is 0 Å². The van der Waals surface area contributed by atoms with Crippen LogP contribution in [0.4, 0.5) is 10.8 Å². The van der Waals surface area contributed by atoms with Crippen molar-refractivity contribution in [3.8, 4) is 0 Å². The van der Waals surface area contributed by atoms with E-state index in [1.807, 2.05) is 0 Å². The molecule has 0 radical (unpaired) electrons. The molecule has 1 aliphatic heterocycles. The first kappa shape index (κ1) is 32.9. The number of amides is 2. The van der Waals surface area contributed by atoms with Crippen molar-refractivity contribution < 1.29 is 43.3 Å². The lowest BCUT2D eigenvalue weighted by Crippen LogP contribution is -2.70. The number of nitro groups is 1. The van der Waals surface area contributed by atoms with Gasteiger partial charge in [-0.2, -0.15) is 0 Å². The largest absolute Gasteiger partial charge is 0.458 e. The molecule has 1 fully saturated rings. The lowest BCUT2D eigenvalue weighted by atomic mass is 10.00. The van der Waals surface area contributed by atoms with E-state index in [1.165, 1.54) is 43.5 Å². The van der Waals surface area contributed by atoms with Crippen molar-refractivity contribution in [2.24, 2.45) is 5.16 Å². The number of nitrogens with two attached hydrogens (primary N) is 1. The van der Waals surface area contributed by atoms with Crippen molar-refractivity contribution in [3.05, 3.63) is 51.0 Å². The third-order valence-electron chi connectivity index (χ3n) is 5.72. The highest BCUT2D eigenvalue weighted by Crippen LogP contribution is 2.22. The van der Waals surface area contributed by atoms with Gasteiger partial charge in [0.15, 0.2) is 17.5 Å². The Morgan fingerprint density at radius 1 is 1.19 bits per heavy atom. The number of nitrogens with zero attached hydrogens (tertiary/aromatic N) is 4. The van der Waals surface area contributed by atoms with Crippen LogP contribution in [0.25, 0.3) is 0 Å². The van der Waals surface area contributed by atoms with Crippen molar-refractivity contribution in [1.29, 1.82) is 0 Å². The first-order valence-electron chi connectivity index (χ1n) is 12.9. The number of non-ortho nitro benzene ring substituents is 1. The van der Waals surface area contributed by atoms with E-state index in [1.54, 1.807) is 27.7 Å². The van der Waals surface area contributed by atoms with Crippen LogP contribution in [0, 0.1) is 10.1 Å². The molecule has 0 bridgehead atoms. The molecule has 1 saturated heterocycles. The second kappa shape index (κ2) is 13.1. The van der Waals surface area contributed by atoms with Gasteiger partial charge in [0.25, 0.3) is 17.5 Å². The van der Waals surface area contributed by atoms with Crippen LogP contribution < -0.4 is 11.1 Å². The van der Waals surface area contributed by atoms with Crippen molar-refractivity contribution in [1.82, 2.24) is 15.4 Å². The maximum Gasteiger partial charge on any atom is 0.353 e. The molecule has 1 aromatic carbocycles. The molecule has 2 aromatic rings. The fraction of sp³-hybridized carbons (Fsp3) is 0.462. The number of hydroxylamine groups is 2. The molecule has 3 rings (SSSR count). The van der Waals surface area contributed by atoms with Crippen LogP contribution in [0.15, 0.2) is 34.8 Å². The quantitative estimate of drug-likeness (QED) is 0.114. The predicted molar refractivity (Wildman–Crippen MR) is 151 cm³/mol. The molecule has 0 saturated carbocycles. The molecule has 3 N–H and O–H groups in total. The Bertz CT molecular complexity index is 1420. The molecule has 17 heteroatoms. The average molecular weight is 621 g/mol. The fourth-order valence-corrected chi connectivity index (χ4v) is 4.05. The molecule has 2 heterocycles. The smallest absolute Gasteiger partial charge is 0.353 e. The summed E-state index contributed by atoms with van der Waals surface area (Å²) in [4.78, 5) is 75.5. The van der Waals surface area contributed by atoms with Gasteiger partial charge >= 0.3 is 11.9 Å². The summed E-state index contributed by atoms with van der Waals surface area (Å²) in [6.45, 7) is 8.70. The number of carbonyl (C=O) groups excluding carboxylic acids is 4. The number of nitrogens with one attached hydrogen (secondary N) is 1. The molecule has 2 atom stereocenters. The van der Waals surface area contributed by atoms with Gasteiger partial charge in [-0.25, -0.2) is 19.6 Å². The average Bonchev–Trinajstić information content (AvgIpc) is 3.35. The number of hydrogen-bond acceptors (Lipinski definition) is 14. The molecule has 0 unspecified atom stereocenters. The number of β-lactam (4-membered cyclic amide) rings is 1. The SMILES string of the molecule is C[C@H]1[C@H](NC(=O)C(=NOC(C)(C)C(=O)OCc2ccc([N+](=O)[O-])cc2)c2csc(N)n2)C(=O)N1OCC(=O)OC(C)(C)C. The van der Waals surface area contributed by atoms with Crippen LogP contribution in [0.3, 0.4) is 0 Å². The number of benzene rings is 1. The van der Waals surface area contributed by atoms with E-state index in [9.17, 15) is 29.3 Å². The van der Waals surface area contributed by atoms with Crippen molar-refractivity contribution in [2.45, 2.75) is 71.4 Å². The van der Waals surface area contributed by atoms with Gasteiger partial charge in [0.2, 0.25) is 5.60 Å². The number of carbonyl (C=O) groups is 4. The fourth-order valence-electron chi connectivity index (χ4n) is 3.50. The summed E-state index contributed by atoms with van der Waals surface area (Å²) in [6, 6.07) is 3.77. The van der Waals surface area contributed by atoms with E-state index < -0.39 is 58.6 Å². The molecule has 1 aliphatic rings. The number of esters is 2. The van der Waals surface area contributed by atoms with Gasteiger partial charge < -0.3 is 25.4 Å². The number of thiazole rings is 1. The first-order chi connectivity index (χ1) is 20.0. The van der Waals surface area contributed by atoms with Gasteiger partial charge in [-0.05, 0) is 59.2 Å². The molecular formula is C26H32N6O10S. The van der Waals surface area contributed by atoms with Crippen LogP contribution >= 0.6 is 11.3 Å². The molecule has 0 aliphatic carbocycles. The number of nitro benzene ring substituents is 1. The minimum absolute atomic E-state index is 0.0347.